The highest BCUT2D eigenvalue weighted by Crippen LogP contribution is 2.23. The Hall–Kier alpha value is -3.36. The number of rotatable bonds is 9. The van der Waals surface area contributed by atoms with Crippen molar-refractivity contribution in [3.63, 3.8) is 0 Å². The molecule has 0 heterocycles. The fourth-order valence-electron chi connectivity index (χ4n) is 3.60. The van der Waals surface area contributed by atoms with Gasteiger partial charge in [0.05, 0.1) is 18.0 Å². The van der Waals surface area contributed by atoms with E-state index < -0.39 is 10.0 Å². The molecule has 0 bridgehead atoms. The standard InChI is InChI=1S/C26H31N3O4S/c1-18-9-13-22(14-10-18)28-34(31,32)25-16-21(12-11-19(25)2)26(30)27-17-24(29(3)4)20-7-6-8-23(15-20)33-5/h6-16,24,28H,17H2,1-5H3,(H,27,30). The number of carbonyl (C=O) groups excluding carboxylic acids is 1. The number of likely N-dealkylation sites (N-methyl/N-ethyl adjacent to an activating group) is 1. The fourth-order valence-corrected chi connectivity index (χ4v) is 4.93. The summed E-state index contributed by atoms with van der Waals surface area (Å²) in [5.74, 6) is 0.395. The predicted octanol–water partition coefficient (Wildman–Crippen LogP) is 4.15. The van der Waals surface area contributed by atoms with Gasteiger partial charge < -0.3 is 15.0 Å². The van der Waals surface area contributed by atoms with Crippen LogP contribution in [0.3, 0.4) is 0 Å². The van der Waals surface area contributed by atoms with E-state index in [4.69, 9.17) is 4.74 Å². The lowest BCUT2D eigenvalue weighted by Crippen LogP contribution is -2.34. The smallest absolute Gasteiger partial charge is 0.262 e. The van der Waals surface area contributed by atoms with Gasteiger partial charge in [0, 0.05) is 17.8 Å². The van der Waals surface area contributed by atoms with E-state index in [1.54, 1.807) is 38.3 Å². The number of nitrogens with one attached hydrogen (secondary N) is 2. The van der Waals surface area contributed by atoms with Crippen molar-refractivity contribution in [1.29, 1.82) is 0 Å². The van der Waals surface area contributed by atoms with Crippen molar-refractivity contribution in [3.05, 3.63) is 89.0 Å². The maximum Gasteiger partial charge on any atom is 0.262 e. The molecule has 0 aliphatic carbocycles. The predicted molar refractivity (Wildman–Crippen MR) is 135 cm³/mol. The minimum absolute atomic E-state index is 0.0673. The second-order valence-corrected chi connectivity index (χ2v) is 10.1. The summed E-state index contributed by atoms with van der Waals surface area (Å²) in [7, 11) is 1.62. The largest absolute Gasteiger partial charge is 0.497 e. The molecule has 0 fully saturated rings. The molecule has 3 aromatic carbocycles. The molecule has 180 valence electrons. The van der Waals surface area contributed by atoms with Gasteiger partial charge in [0.15, 0.2) is 0 Å². The Kier molecular flexibility index (Phi) is 7.96. The van der Waals surface area contributed by atoms with Crippen molar-refractivity contribution in [2.24, 2.45) is 0 Å². The average Bonchev–Trinajstić information content (AvgIpc) is 2.80. The van der Waals surface area contributed by atoms with E-state index in [9.17, 15) is 13.2 Å². The molecular weight excluding hydrogens is 450 g/mol. The molecule has 8 heteroatoms. The molecule has 3 rings (SSSR count). The number of methoxy groups -OCH3 is 1. The van der Waals surface area contributed by atoms with Gasteiger partial charge in [-0.25, -0.2) is 8.42 Å². The molecule has 3 aromatic rings. The number of aryl methyl sites for hydroxylation is 2. The van der Waals surface area contributed by atoms with Crippen LogP contribution in [0.4, 0.5) is 5.69 Å². The Balaban J connectivity index is 1.78. The fraction of sp³-hybridized carbons (Fsp3) is 0.269. The molecule has 0 saturated heterocycles. The Bertz CT molecular complexity index is 1260. The van der Waals surface area contributed by atoms with E-state index >= 15 is 0 Å². The lowest BCUT2D eigenvalue weighted by atomic mass is 10.1. The van der Waals surface area contributed by atoms with Crippen molar-refractivity contribution < 1.29 is 17.9 Å². The van der Waals surface area contributed by atoms with Gasteiger partial charge in [-0.2, -0.15) is 0 Å². The van der Waals surface area contributed by atoms with Crippen LogP contribution in [0.2, 0.25) is 0 Å². The highest BCUT2D eigenvalue weighted by atomic mass is 32.2. The van der Waals surface area contributed by atoms with Gasteiger partial charge in [0.2, 0.25) is 0 Å². The minimum Gasteiger partial charge on any atom is -0.497 e. The van der Waals surface area contributed by atoms with Gasteiger partial charge in [-0.15, -0.1) is 0 Å². The number of hydrogen-bond acceptors (Lipinski definition) is 5. The van der Waals surface area contributed by atoms with Gasteiger partial charge in [0.25, 0.3) is 15.9 Å². The van der Waals surface area contributed by atoms with Crippen molar-refractivity contribution in [1.82, 2.24) is 10.2 Å². The van der Waals surface area contributed by atoms with Crippen LogP contribution in [-0.2, 0) is 10.0 Å². The second kappa shape index (κ2) is 10.7. The number of ether oxygens (including phenoxy) is 1. The summed E-state index contributed by atoms with van der Waals surface area (Å²) < 4.78 is 33.9. The number of carbonyl (C=O) groups is 1. The summed E-state index contributed by atoms with van der Waals surface area (Å²) in [6, 6.07) is 19.4. The first-order valence-electron chi connectivity index (χ1n) is 10.9. The third kappa shape index (κ3) is 6.15. The zero-order valence-corrected chi connectivity index (χ0v) is 20.9. The molecule has 1 amide bonds. The van der Waals surface area contributed by atoms with Crippen molar-refractivity contribution in [2.75, 3.05) is 32.5 Å². The van der Waals surface area contributed by atoms with E-state index in [1.165, 1.54) is 6.07 Å². The average molecular weight is 482 g/mol. The lowest BCUT2D eigenvalue weighted by Gasteiger charge is -2.25. The Morgan fingerprint density at radius 1 is 1.00 bits per heavy atom. The van der Waals surface area contributed by atoms with E-state index in [0.717, 1.165) is 16.9 Å². The number of hydrogen-bond donors (Lipinski definition) is 2. The van der Waals surface area contributed by atoms with Crippen LogP contribution in [0.15, 0.2) is 71.6 Å². The number of benzene rings is 3. The lowest BCUT2D eigenvalue weighted by molar-refractivity contribution is 0.0941. The van der Waals surface area contributed by atoms with E-state index in [-0.39, 0.29) is 22.4 Å². The molecule has 0 aliphatic heterocycles. The van der Waals surface area contributed by atoms with Crippen LogP contribution >= 0.6 is 0 Å². The van der Waals surface area contributed by atoms with Crippen LogP contribution in [0.1, 0.15) is 33.1 Å². The van der Waals surface area contributed by atoms with Crippen LogP contribution in [0, 0.1) is 13.8 Å². The Labute approximate surface area is 201 Å². The Morgan fingerprint density at radius 3 is 2.35 bits per heavy atom. The molecule has 7 nitrogen and oxygen atoms in total. The van der Waals surface area contributed by atoms with E-state index in [0.29, 0.717) is 17.8 Å². The van der Waals surface area contributed by atoms with Gasteiger partial charge >= 0.3 is 0 Å². The van der Waals surface area contributed by atoms with Crippen molar-refractivity contribution in [2.45, 2.75) is 24.8 Å². The summed E-state index contributed by atoms with van der Waals surface area (Å²) in [5, 5.41) is 2.93. The minimum atomic E-state index is -3.86. The van der Waals surface area contributed by atoms with E-state index in [2.05, 4.69) is 10.0 Å². The van der Waals surface area contributed by atoms with Crippen molar-refractivity contribution >= 4 is 21.6 Å². The number of sulfonamides is 1. The molecule has 1 unspecified atom stereocenters. The summed E-state index contributed by atoms with van der Waals surface area (Å²) in [4.78, 5) is 15.0. The third-order valence-corrected chi connectivity index (χ3v) is 7.12. The van der Waals surface area contributed by atoms with Crippen molar-refractivity contribution in [3.8, 4) is 5.75 Å². The van der Waals surface area contributed by atoms with Crippen LogP contribution in [0.5, 0.6) is 5.75 Å². The monoisotopic (exact) mass is 481 g/mol. The third-order valence-electron chi connectivity index (χ3n) is 5.60. The quantitative estimate of drug-likeness (QED) is 0.480. The molecule has 34 heavy (non-hydrogen) atoms. The topological polar surface area (TPSA) is 87.7 Å². The van der Waals surface area contributed by atoms with Gasteiger partial charge in [-0.3, -0.25) is 9.52 Å². The first-order valence-corrected chi connectivity index (χ1v) is 12.4. The summed E-state index contributed by atoms with van der Waals surface area (Å²) in [6.45, 7) is 3.98. The Morgan fingerprint density at radius 2 is 1.71 bits per heavy atom. The SMILES string of the molecule is COc1cccc(C(CNC(=O)c2ccc(C)c(S(=O)(=O)Nc3ccc(C)cc3)c2)N(C)C)c1. The molecule has 1 atom stereocenters. The molecule has 0 spiro atoms. The van der Waals surface area contributed by atoms with Gasteiger partial charge in [-0.05, 0) is 75.5 Å². The normalized spacial score (nSPS) is 12.3. The zero-order valence-electron chi connectivity index (χ0n) is 20.1. The number of nitrogens with zero attached hydrogens (tertiary/aromatic N) is 1. The highest BCUT2D eigenvalue weighted by Gasteiger charge is 2.21. The maximum atomic E-state index is 13.0. The first kappa shape index (κ1) is 25.3. The van der Waals surface area contributed by atoms with Crippen LogP contribution in [-0.4, -0.2) is 47.0 Å². The zero-order chi connectivity index (χ0) is 24.9. The summed E-state index contributed by atoms with van der Waals surface area (Å²) >= 11 is 0. The summed E-state index contributed by atoms with van der Waals surface area (Å²) in [5.41, 5.74) is 3.32. The number of amides is 1. The molecule has 2 N–H and O–H groups in total. The molecular formula is C26H31N3O4S. The van der Waals surface area contributed by atoms with E-state index in [1.807, 2.05) is 62.3 Å². The van der Waals surface area contributed by atoms with Gasteiger partial charge in [0.1, 0.15) is 5.75 Å². The maximum absolute atomic E-state index is 13.0. The molecule has 0 radical (unpaired) electrons. The van der Waals surface area contributed by atoms with Gasteiger partial charge in [-0.1, -0.05) is 35.9 Å². The highest BCUT2D eigenvalue weighted by molar-refractivity contribution is 7.92. The molecule has 0 saturated carbocycles. The molecule has 0 aliphatic rings. The van der Waals surface area contributed by atoms with Crippen LogP contribution < -0.4 is 14.8 Å². The number of anilines is 1. The second-order valence-electron chi connectivity index (χ2n) is 8.42. The first-order chi connectivity index (χ1) is 16.1. The van der Waals surface area contributed by atoms with Crippen LogP contribution in [0.25, 0.3) is 0 Å². The molecule has 0 aromatic heterocycles. The summed E-state index contributed by atoms with van der Waals surface area (Å²) in [6.07, 6.45) is 0.